The minimum absolute atomic E-state index is 1.05. The molecule has 0 radical (unpaired) electrons. The van der Waals surface area contributed by atoms with Crippen molar-refractivity contribution in [3.63, 3.8) is 0 Å². The number of rotatable bonds is 7. The number of halogens is 1. The van der Waals surface area contributed by atoms with E-state index in [1.807, 2.05) is 0 Å². The lowest BCUT2D eigenvalue weighted by Crippen LogP contribution is -1.83. The van der Waals surface area contributed by atoms with Crippen LogP contribution in [0.2, 0.25) is 0 Å². The lowest BCUT2D eigenvalue weighted by Gasteiger charge is -1.98. The third-order valence-electron chi connectivity index (χ3n) is 2.40. The molecular weight excluding hydrogens is 240 g/mol. The lowest BCUT2D eigenvalue weighted by molar-refractivity contribution is 0.491. The molecule has 0 aliphatic heterocycles. The highest BCUT2D eigenvalue weighted by molar-refractivity contribution is 9.10. The predicted octanol–water partition coefficient (Wildman–Crippen LogP) is 4.95. The Morgan fingerprint density at radius 3 is 2.50 bits per heavy atom. The van der Waals surface area contributed by atoms with E-state index in [1.54, 1.807) is 6.26 Å². The second-order valence-corrected chi connectivity index (χ2v) is 4.66. The van der Waals surface area contributed by atoms with Crippen molar-refractivity contribution in [2.75, 3.05) is 0 Å². The molecule has 0 unspecified atom stereocenters. The maximum Gasteiger partial charge on any atom is 0.105 e. The second kappa shape index (κ2) is 7.10. The minimum Gasteiger partial charge on any atom is -0.468 e. The van der Waals surface area contributed by atoms with Crippen LogP contribution >= 0.6 is 15.9 Å². The molecule has 1 aromatic rings. The van der Waals surface area contributed by atoms with Gasteiger partial charge in [0, 0.05) is 6.42 Å². The number of furan rings is 1. The second-order valence-electron chi connectivity index (χ2n) is 3.75. The van der Waals surface area contributed by atoms with Crippen molar-refractivity contribution in [1.29, 1.82) is 0 Å². The van der Waals surface area contributed by atoms with E-state index in [2.05, 4.69) is 28.9 Å². The van der Waals surface area contributed by atoms with Gasteiger partial charge in [0.1, 0.15) is 12.0 Å². The first-order chi connectivity index (χ1) is 6.83. The Morgan fingerprint density at radius 2 is 1.86 bits per heavy atom. The number of hydrogen-bond acceptors (Lipinski definition) is 1. The lowest BCUT2D eigenvalue weighted by atomic mass is 10.1. The van der Waals surface area contributed by atoms with Gasteiger partial charge in [0.25, 0.3) is 0 Å². The van der Waals surface area contributed by atoms with Gasteiger partial charge >= 0.3 is 0 Å². The Kier molecular flexibility index (Phi) is 6.00. The van der Waals surface area contributed by atoms with Crippen molar-refractivity contribution in [3.8, 4) is 0 Å². The summed E-state index contributed by atoms with van der Waals surface area (Å²) < 4.78 is 6.40. The zero-order valence-electron chi connectivity index (χ0n) is 8.89. The molecule has 1 rings (SSSR count). The molecule has 0 aliphatic rings. The molecule has 0 aliphatic carbocycles. The monoisotopic (exact) mass is 258 g/mol. The highest BCUT2D eigenvalue weighted by atomic mass is 79.9. The van der Waals surface area contributed by atoms with Crippen LogP contribution in [0.4, 0.5) is 0 Å². The molecule has 1 heterocycles. The van der Waals surface area contributed by atoms with Gasteiger partial charge in [-0.15, -0.1) is 0 Å². The van der Waals surface area contributed by atoms with Gasteiger partial charge in [-0.3, -0.25) is 0 Å². The van der Waals surface area contributed by atoms with Crippen LogP contribution in [0.15, 0.2) is 21.2 Å². The summed E-state index contributed by atoms with van der Waals surface area (Å²) in [5.74, 6) is 1.10. The molecule has 80 valence electrons. The largest absolute Gasteiger partial charge is 0.468 e. The fourth-order valence-corrected chi connectivity index (χ4v) is 1.91. The van der Waals surface area contributed by atoms with Crippen molar-refractivity contribution in [2.45, 2.75) is 51.9 Å². The zero-order chi connectivity index (χ0) is 10.2. The van der Waals surface area contributed by atoms with E-state index < -0.39 is 0 Å². The molecule has 0 atom stereocenters. The molecule has 0 saturated carbocycles. The summed E-state index contributed by atoms with van der Waals surface area (Å²) in [4.78, 5) is 0. The first-order valence-electron chi connectivity index (χ1n) is 5.56. The molecule has 0 aromatic carbocycles. The Hall–Kier alpha value is -0.240. The average molecular weight is 259 g/mol. The Balaban J connectivity index is 1.99. The van der Waals surface area contributed by atoms with Crippen LogP contribution < -0.4 is 0 Å². The molecule has 0 N–H and O–H groups in total. The van der Waals surface area contributed by atoms with Crippen molar-refractivity contribution < 1.29 is 4.42 Å². The Bertz CT molecular complexity index is 242. The molecular formula is C12H19BrO. The number of aryl methyl sites for hydroxylation is 1. The highest BCUT2D eigenvalue weighted by Gasteiger charge is 1.98. The fourth-order valence-electron chi connectivity index (χ4n) is 1.56. The van der Waals surface area contributed by atoms with Gasteiger partial charge in [-0.05, 0) is 28.4 Å². The first-order valence-corrected chi connectivity index (χ1v) is 6.35. The van der Waals surface area contributed by atoms with E-state index in [1.165, 1.54) is 38.5 Å². The fraction of sp³-hybridized carbons (Fsp3) is 0.667. The molecule has 2 heteroatoms. The number of unbranched alkanes of at least 4 members (excludes halogenated alkanes) is 5. The summed E-state index contributed by atoms with van der Waals surface area (Å²) >= 11 is 3.38. The summed E-state index contributed by atoms with van der Waals surface area (Å²) in [7, 11) is 0. The number of hydrogen-bond donors (Lipinski definition) is 0. The summed E-state index contributed by atoms with van der Waals surface area (Å²) in [6, 6.07) is 2.06. The van der Waals surface area contributed by atoms with E-state index in [0.29, 0.717) is 0 Å². The summed E-state index contributed by atoms with van der Waals surface area (Å²) in [6.45, 7) is 2.25. The third kappa shape index (κ3) is 4.85. The Morgan fingerprint density at radius 1 is 1.14 bits per heavy atom. The van der Waals surface area contributed by atoms with E-state index in [0.717, 1.165) is 16.7 Å². The van der Waals surface area contributed by atoms with Crippen molar-refractivity contribution in [3.05, 3.63) is 22.6 Å². The van der Waals surface area contributed by atoms with Gasteiger partial charge in [0.2, 0.25) is 0 Å². The smallest absolute Gasteiger partial charge is 0.105 e. The van der Waals surface area contributed by atoms with Crippen LogP contribution in [-0.2, 0) is 6.42 Å². The SMILES string of the molecule is CCCCCCCCc1cc(Br)co1. The quantitative estimate of drug-likeness (QED) is 0.632. The van der Waals surface area contributed by atoms with E-state index in [-0.39, 0.29) is 0 Å². The van der Waals surface area contributed by atoms with Gasteiger partial charge in [0.15, 0.2) is 0 Å². The van der Waals surface area contributed by atoms with Crippen LogP contribution in [0.1, 0.15) is 51.2 Å². The maximum atomic E-state index is 5.35. The van der Waals surface area contributed by atoms with Crippen LogP contribution in [0, 0.1) is 0 Å². The van der Waals surface area contributed by atoms with Gasteiger partial charge < -0.3 is 4.42 Å². The molecule has 0 spiro atoms. The van der Waals surface area contributed by atoms with E-state index >= 15 is 0 Å². The first kappa shape index (κ1) is 11.8. The van der Waals surface area contributed by atoms with Gasteiger partial charge in [0.05, 0.1) is 4.47 Å². The van der Waals surface area contributed by atoms with Gasteiger partial charge in [-0.1, -0.05) is 39.0 Å². The standard InChI is InChI=1S/C12H19BrO/c1-2-3-4-5-6-7-8-12-9-11(13)10-14-12/h9-10H,2-8H2,1H3. The molecule has 0 amide bonds. The molecule has 0 saturated heterocycles. The molecule has 1 nitrogen and oxygen atoms in total. The van der Waals surface area contributed by atoms with Gasteiger partial charge in [-0.25, -0.2) is 0 Å². The summed E-state index contributed by atoms with van der Waals surface area (Å²) in [6.07, 6.45) is 10.9. The highest BCUT2D eigenvalue weighted by Crippen LogP contribution is 2.16. The van der Waals surface area contributed by atoms with Crippen LogP contribution in [0.25, 0.3) is 0 Å². The average Bonchev–Trinajstić information content (AvgIpc) is 2.58. The van der Waals surface area contributed by atoms with E-state index in [9.17, 15) is 0 Å². The van der Waals surface area contributed by atoms with Crippen molar-refractivity contribution in [1.82, 2.24) is 0 Å². The summed E-state index contributed by atoms with van der Waals surface area (Å²) in [5.41, 5.74) is 0. The van der Waals surface area contributed by atoms with Crippen LogP contribution in [0.3, 0.4) is 0 Å². The summed E-state index contributed by atoms with van der Waals surface area (Å²) in [5, 5.41) is 0. The van der Waals surface area contributed by atoms with Crippen molar-refractivity contribution in [2.24, 2.45) is 0 Å². The molecule has 0 bridgehead atoms. The molecule has 0 fully saturated rings. The Labute approximate surface area is 95.0 Å². The third-order valence-corrected chi connectivity index (χ3v) is 2.81. The van der Waals surface area contributed by atoms with E-state index in [4.69, 9.17) is 4.42 Å². The van der Waals surface area contributed by atoms with Crippen molar-refractivity contribution >= 4 is 15.9 Å². The predicted molar refractivity (Wildman–Crippen MR) is 63.5 cm³/mol. The van der Waals surface area contributed by atoms with Crippen LogP contribution in [-0.4, -0.2) is 0 Å². The topological polar surface area (TPSA) is 13.1 Å². The van der Waals surface area contributed by atoms with Gasteiger partial charge in [-0.2, -0.15) is 0 Å². The maximum absolute atomic E-state index is 5.35. The van der Waals surface area contributed by atoms with Crippen LogP contribution in [0.5, 0.6) is 0 Å². The zero-order valence-corrected chi connectivity index (χ0v) is 10.5. The normalized spacial score (nSPS) is 10.7. The minimum atomic E-state index is 1.05. The molecule has 1 aromatic heterocycles. The molecule has 14 heavy (non-hydrogen) atoms.